The van der Waals surface area contributed by atoms with Crippen LogP contribution in [0.5, 0.6) is 5.75 Å². The molecule has 1 amide bonds. The average molecular weight is 394 g/mol. The van der Waals surface area contributed by atoms with Gasteiger partial charge < -0.3 is 10.1 Å². The second-order valence-electron chi connectivity index (χ2n) is 5.99. The first-order valence-electron chi connectivity index (χ1n) is 8.44. The Bertz CT molecular complexity index is 916. The summed E-state index contributed by atoms with van der Waals surface area (Å²) >= 11 is 0. The Morgan fingerprint density at radius 1 is 1.22 bits per heavy atom. The number of nitrogens with one attached hydrogen (secondary N) is 1. The van der Waals surface area contributed by atoms with Gasteiger partial charge in [-0.1, -0.05) is 36.8 Å². The number of hydrogen-bond acceptors (Lipinski definition) is 4. The van der Waals surface area contributed by atoms with Crippen LogP contribution in [-0.2, 0) is 21.4 Å². The number of benzene rings is 2. The number of rotatable bonds is 8. The van der Waals surface area contributed by atoms with Crippen LogP contribution >= 0.6 is 0 Å². The summed E-state index contributed by atoms with van der Waals surface area (Å²) in [5.74, 6) is -1.12. The number of likely N-dealkylation sites (N-methyl/N-ethyl adjacent to an activating group) is 1. The van der Waals surface area contributed by atoms with E-state index in [1.54, 1.807) is 6.92 Å². The van der Waals surface area contributed by atoms with Crippen molar-refractivity contribution in [1.82, 2.24) is 9.62 Å². The molecule has 6 nitrogen and oxygen atoms in total. The zero-order valence-corrected chi connectivity index (χ0v) is 16.3. The number of nitrogens with zero attached hydrogens (tertiary/aromatic N) is 1. The van der Waals surface area contributed by atoms with Gasteiger partial charge in [0.25, 0.3) is 0 Å². The molecule has 0 fully saturated rings. The minimum absolute atomic E-state index is 0.0232. The quantitative estimate of drug-likeness (QED) is 0.746. The Hall–Kier alpha value is -2.45. The first-order valence-corrected chi connectivity index (χ1v) is 9.88. The Kier molecular flexibility index (Phi) is 6.92. The summed E-state index contributed by atoms with van der Waals surface area (Å²) in [4.78, 5) is 11.9. The molecule has 0 atom stereocenters. The van der Waals surface area contributed by atoms with Crippen molar-refractivity contribution in [2.45, 2.75) is 25.3 Å². The van der Waals surface area contributed by atoms with Gasteiger partial charge in [-0.3, -0.25) is 4.79 Å². The largest absolute Gasteiger partial charge is 0.495 e. The molecule has 8 heteroatoms. The molecule has 0 spiro atoms. The summed E-state index contributed by atoms with van der Waals surface area (Å²) in [6, 6.07) is 10.9. The molecule has 146 valence electrons. The summed E-state index contributed by atoms with van der Waals surface area (Å²) in [5.41, 5.74) is 1.98. The Labute approximate surface area is 159 Å². The second kappa shape index (κ2) is 8.96. The van der Waals surface area contributed by atoms with E-state index in [0.29, 0.717) is 6.54 Å². The maximum Gasteiger partial charge on any atom is 0.247 e. The predicted octanol–water partition coefficient (Wildman–Crippen LogP) is 2.47. The lowest BCUT2D eigenvalue weighted by Gasteiger charge is -2.21. The second-order valence-corrected chi connectivity index (χ2v) is 7.90. The molecule has 27 heavy (non-hydrogen) atoms. The van der Waals surface area contributed by atoms with Crippen molar-refractivity contribution < 1.29 is 22.3 Å². The summed E-state index contributed by atoms with van der Waals surface area (Å²) in [6.07, 6.45) is 0. The molecule has 0 aliphatic carbocycles. The molecule has 0 aliphatic heterocycles. The molecule has 0 aromatic heterocycles. The number of amides is 1. The molecular weight excluding hydrogens is 371 g/mol. The van der Waals surface area contributed by atoms with Gasteiger partial charge in [0.1, 0.15) is 16.5 Å². The Balaban J connectivity index is 2.13. The van der Waals surface area contributed by atoms with Crippen LogP contribution in [0.15, 0.2) is 47.4 Å². The first kappa shape index (κ1) is 20.9. The molecular formula is C19H23FN2O4S. The van der Waals surface area contributed by atoms with Crippen molar-refractivity contribution >= 4 is 15.9 Å². The van der Waals surface area contributed by atoms with Gasteiger partial charge >= 0.3 is 0 Å². The highest BCUT2D eigenvalue weighted by molar-refractivity contribution is 7.89. The molecule has 0 heterocycles. The van der Waals surface area contributed by atoms with Gasteiger partial charge in [0, 0.05) is 13.1 Å². The zero-order chi connectivity index (χ0) is 20.0. The van der Waals surface area contributed by atoms with Crippen LogP contribution in [0, 0.1) is 12.7 Å². The summed E-state index contributed by atoms with van der Waals surface area (Å²) in [5, 5.41) is 2.70. The maximum absolute atomic E-state index is 13.6. The maximum atomic E-state index is 13.6. The minimum Gasteiger partial charge on any atom is -0.495 e. The molecule has 2 aromatic carbocycles. The van der Waals surface area contributed by atoms with Crippen LogP contribution in [0.4, 0.5) is 4.39 Å². The molecule has 0 aliphatic rings. The molecule has 0 saturated carbocycles. The van der Waals surface area contributed by atoms with Gasteiger partial charge in [-0.15, -0.1) is 0 Å². The number of methoxy groups -OCH3 is 1. The van der Waals surface area contributed by atoms with E-state index in [4.69, 9.17) is 4.74 Å². The third-order valence-corrected chi connectivity index (χ3v) is 5.93. The lowest BCUT2D eigenvalue weighted by molar-refractivity contribution is -0.121. The van der Waals surface area contributed by atoms with E-state index in [-0.39, 0.29) is 23.7 Å². The normalized spacial score (nSPS) is 11.4. The fourth-order valence-corrected chi connectivity index (χ4v) is 4.17. The fraction of sp³-hybridized carbons (Fsp3) is 0.316. The van der Waals surface area contributed by atoms with Crippen molar-refractivity contribution in [3.8, 4) is 5.75 Å². The fourth-order valence-electron chi connectivity index (χ4n) is 2.60. The van der Waals surface area contributed by atoms with Crippen LogP contribution in [0.2, 0.25) is 0 Å². The van der Waals surface area contributed by atoms with Crippen molar-refractivity contribution in [1.29, 1.82) is 0 Å². The van der Waals surface area contributed by atoms with Crippen molar-refractivity contribution in [2.24, 2.45) is 0 Å². The van der Waals surface area contributed by atoms with E-state index in [2.05, 4.69) is 5.32 Å². The average Bonchev–Trinajstić information content (AvgIpc) is 2.64. The van der Waals surface area contributed by atoms with Crippen LogP contribution in [0.1, 0.15) is 18.1 Å². The lowest BCUT2D eigenvalue weighted by atomic mass is 10.1. The van der Waals surface area contributed by atoms with Crippen molar-refractivity contribution in [3.05, 3.63) is 59.4 Å². The van der Waals surface area contributed by atoms with Crippen molar-refractivity contribution in [3.63, 3.8) is 0 Å². The molecule has 0 bridgehead atoms. The number of aryl methyl sites for hydroxylation is 1. The highest BCUT2D eigenvalue weighted by Gasteiger charge is 2.28. The smallest absolute Gasteiger partial charge is 0.247 e. The highest BCUT2D eigenvalue weighted by Crippen LogP contribution is 2.27. The third-order valence-electron chi connectivity index (χ3n) is 3.99. The SMILES string of the molecule is CCN(CC(=O)NCc1cccc(C)c1)S(=O)(=O)c1cc(F)ccc1OC. The molecule has 0 saturated heterocycles. The van der Waals surface area contributed by atoms with E-state index >= 15 is 0 Å². The number of halogens is 1. The molecule has 0 unspecified atom stereocenters. The van der Waals surface area contributed by atoms with Crippen LogP contribution < -0.4 is 10.1 Å². The molecule has 2 rings (SSSR count). The van der Waals surface area contributed by atoms with E-state index < -0.39 is 21.7 Å². The van der Waals surface area contributed by atoms with Gasteiger partial charge in [0.05, 0.1) is 13.7 Å². The predicted molar refractivity (Wildman–Crippen MR) is 100 cm³/mol. The number of carbonyl (C=O) groups excluding carboxylic acids is 1. The van der Waals surface area contributed by atoms with Gasteiger partial charge in [-0.05, 0) is 30.7 Å². The molecule has 2 aromatic rings. The number of ether oxygens (including phenoxy) is 1. The van der Waals surface area contributed by atoms with E-state index in [9.17, 15) is 17.6 Å². The Morgan fingerprint density at radius 3 is 2.59 bits per heavy atom. The number of carbonyl (C=O) groups is 1. The van der Waals surface area contributed by atoms with Gasteiger partial charge in [0.15, 0.2) is 0 Å². The van der Waals surface area contributed by atoms with E-state index in [1.165, 1.54) is 13.2 Å². The van der Waals surface area contributed by atoms with Crippen LogP contribution in [0.25, 0.3) is 0 Å². The summed E-state index contributed by atoms with van der Waals surface area (Å²) < 4.78 is 45.3. The Morgan fingerprint density at radius 2 is 1.96 bits per heavy atom. The monoisotopic (exact) mass is 394 g/mol. The highest BCUT2D eigenvalue weighted by atomic mass is 32.2. The summed E-state index contributed by atoms with van der Waals surface area (Å²) in [7, 11) is -2.79. The summed E-state index contributed by atoms with van der Waals surface area (Å²) in [6.45, 7) is 3.53. The van der Waals surface area contributed by atoms with Gasteiger partial charge in [-0.25, -0.2) is 12.8 Å². The zero-order valence-electron chi connectivity index (χ0n) is 15.5. The van der Waals surface area contributed by atoms with Crippen LogP contribution in [0.3, 0.4) is 0 Å². The van der Waals surface area contributed by atoms with E-state index in [0.717, 1.165) is 27.6 Å². The standard InChI is InChI=1S/C19H23FN2O4S/c1-4-22(13-19(23)21-12-15-7-5-6-14(2)10-15)27(24,25)18-11-16(20)8-9-17(18)26-3/h5-11H,4,12-13H2,1-3H3,(H,21,23). The lowest BCUT2D eigenvalue weighted by Crippen LogP contribution is -2.40. The molecule has 1 N–H and O–H groups in total. The third kappa shape index (κ3) is 5.27. The number of sulfonamides is 1. The van der Waals surface area contributed by atoms with Crippen molar-refractivity contribution in [2.75, 3.05) is 20.2 Å². The first-order chi connectivity index (χ1) is 12.8. The van der Waals surface area contributed by atoms with Gasteiger partial charge in [0.2, 0.25) is 15.9 Å². The topological polar surface area (TPSA) is 75.7 Å². The minimum atomic E-state index is -4.09. The number of hydrogen-bond donors (Lipinski definition) is 1. The molecule has 0 radical (unpaired) electrons. The van der Waals surface area contributed by atoms with Gasteiger partial charge in [-0.2, -0.15) is 4.31 Å². The van der Waals surface area contributed by atoms with Crippen LogP contribution in [-0.4, -0.2) is 38.8 Å². The van der Waals surface area contributed by atoms with E-state index in [1.807, 2.05) is 31.2 Å².